The van der Waals surface area contributed by atoms with Crippen molar-refractivity contribution >= 4 is 5.97 Å². The number of ether oxygens (including phenoxy) is 2. The van der Waals surface area contributed by atoms with Crippen molar-refractivity contribution in [3.63, 3.8) is 0 Å². The first kappa shape index (κ1) is 11.5. The third-order valence-electron chi connectivity index (χ3n) is 3.62. The van der Waals surface area contributed by atoms with E-state index in [2.05, 4.69) is 6.58 Å². The zero-order valence-electron chi connectivity index (χ0n) is 9.91. The van der Waals surface area contributed by atoms with E-state index in [1.54, 1.807) is 0 Å². The Bertz CT molecular complexity index is 261. The molecule has 0 aromatic heterocycles. The number of carbonyl (C=O) groups is 1. The quantitative estimate of drug-likeness (QED) is 0.676. The third kappa shape index (κ3) is 2.23. The third-order valence-corrected chi connectivity index (χ3v) is 3.62. The standard InChI is InChI=1S/C13H20O3/c1-3-11-9(2)15-13(16-12(11)14)10-7-5-4-6-8-10/h10-11,13H,2-8H2,1H3. The average molecular weight is 224 g/mol. The van der Waals surface area contributed by atoms with E-state index in [0.717, 1.165) is 12.8 Å². The highest BCUT2D eigenvalue weighted by molar-refractivity contribution is 5.75. The van der Waals surface area contributed by atoms with Crippen molar-refractivity contribution in [2.75, 3.05) is 0 Å². The van der Waals surface area contributed by atoms with Crippen LogP contribution in [0.5, 0.6) is 0 Å². The van der Waals surface area contributed by atoms with E-state index in [1.807, 2.05) is 6.92 Å². The molecule has 0 radical (unpaired) electrons. The number of rotatable bonds is 2. The van der Waals surface area contributed by atoms with Gasteiger partial charge in [-0.15, -0.1) is 0 Å². The Balaban J connectivity index is 1.98. The van der Waals surface area contributed by atoms with E-state index >= 15 is 0 Å². The fraction of sp³-hybridized carbons (Fsp3) is 0.769. The average Bonchev–Trinajstić information content (AvgIpc) is 2.30. The molecule has 0 bridgehead atoms. The normalized spacial score (nSPS) is 32.1. The fourth-order valence-corrected chi connectivity index (χ4v) is 2.58. The molecular formula is C13H20O3. The Hall–Kier alpha value is -0.990. The largest absolute Gasteiger partial charge is 0.459 e. The van der Waals surface area contributed by atoms with Gasteiger partial charge in [-0.3, -0.25) is 4.79 Å². The highest BCUT2D eigenvalue weighted by Crippen LogP contribution is 2.34. The molecule has 0 aromatic carbocycles. The minimum atomic E-state index is -0.372. The summed E-state index contributed by atoms with van der Waals surface area (Å²) in [5.74, 6) is 0.538. The number of hydrogen-bond donors (Lipinski definition) is 0. The predicted molar refractivity (Wildman–Crippen MR) is 60.5 cm³/mol. The van der Waals surface area contributed by atoms with Gasteiger partial charge in [0, 0.05) is 5.92 Å². The smallest absolute Gasteiger partial charge is 0.319 e. The maximum Gasteiger partial charge on any atom is 0.319 e. The van der Waals surface area contributed by atoms with Gasteiger partial charge < -0.3 is 9.47 Å². The van der Waals surface area contributed by atoms with Crippen LogP contribution in [0.1, 0.15) is 45.4 Å². The highest BCUT2D eigenvalue weighted by Gasteiger charge is 2.37. The Labute approximate surface area is 96.8 Å². The summed E-state index contributed by atoms with van der Waals surface area (Å²) in [4.78, 5) is 11.7. The molecule has 1 aliphatic heterocycles. The van der Waals surface area contributed by atoms with Crippen LogP contribution >= 0.6 is 0 Å². The summed E-state index contributed by atoms with van der Waals surface area (Å²) >= 11 is 0. The molecule has 2 rings (SSSR count). The Morgan fingerprint density at radius 1 is 1.25 bits per heavy atom. The second-order valence-corrected chi connectivity index (χ2v) is 4.75. The van der Waals surface area contributed by atoms with Crippen LogP contribution in [0, 0.1) is 11.8 Å². The van der Waals surface area contributed by atoms with E-state index in [1.165, 1.54) is 19.3 Å². The zero-order valence-corrected chi connectivity index (χ0v) is 9.91. The Morgan fingerprint density at radius 3 is 2.50 bits per heavy atom. The lowest BCUT2D eigenvalue weighted by atomic mass is 9.88. The molecule has 2 fully saturated rings. The summed E-state index contributed by atoms with van der Waals surface area (Å²) < 4.78 is 11.0. The Morgan fingerprint density at radius 2 is 1.94 bits per heavy atom. The van der Waals surface area contributed by atoms with E-state index in [0.29, 0.717) is 18.1 Å². The van der Waals surface area contributed by atoms with Gasteiger partial charge in [-0.1, -0.05) is 32.8 Å². The predicted octanol–water partition coefficient (Wildman–Crippen LogP) is 3.01. The summed E-state index contributed by atoms with van der Waals surface area (Å²) in [6.45, 7) is 5.78. The van der Waals surface area contributed by atoms with Crippen molar-refractivity contribution in [1.82, 2.24) is 0 Å². The number of hydrogen-bond acceptors (Lipinski definition) is 3. The zero-order chi connectivity index (χ0) is 11.5. The lowest BCUT2D eigenvalue weighted by Crippen LogP contribution is -2.39. The highest BCUT2D eigenvalue weighted by atomic mass is 16.7. The molecule has 0 aromatic rings. The Kier molecular flexibility index (Phi) is 3.52. The van der Waals surface area contributed by atoms with Gasteiger partial charge in [-0.25, -0.2) is 0 Å². The van der Waals surface area contributed by atoms with Crippen LogP contribution in [0.15, 0.2) is 12.3 Å². The van der Waals surface area contributed by atoms with Gasteiger partial charge >= 0.3 is 5.97 Å². The van der Waals surface area contributed by atoms with Gasteiger partial charge in [0.1, 0.15) is 11.7 Å². The van der Waals surface area contributed by atoms with Crippen molar-refractivity contribution in [1.29, 1.82) is 0 Å². The van der Waals surface area contributed by atoms with Crippen LogP contribution in [0.2, 0.25) is 0 Å². The molecule has 2 aliphatic rings. The molecule has 1 saturated heterocycles. The molecular weight excluding hydrogens is 204 g/mol. The molecule has 3 heteroatoms. The van der Waals surface area contributed by atoms with Crippen molar-refractivity contribution < 1.29 is 14.3 Å². The first-order chi connectivity index (χ1) is 7.72. The van der Waals surface area contributed by atoms with Gasteiger partial charge in [0.25, 0.3) is 0 Å². The molecule has 1 heterocycles. The van der Waals surface area contributed by atoms with E-state index in [-0.39, 0.29) is 18.2 Å². The van der Waals surface area contributed by atoms with Crippen LogP contribution in [0.25, 0.3) is 0 Å². The minimum absolute atomic E-state index is 0.158. The second-order valence-electron chi connectivity index (χ2n) is 4.75. The van der Waals surface area contributed by atoms with Crippen LogP contribution in [0.3, 0.4) is 0 Å². The minimum Gasteiger partial charge on any atom is -0.459 e. The lowest BCUT2D eigenvalue weighted by molar-refractivity contribution is -0.207. The molecule has 0 spiro atoms. The molecule has 0 N–H and O–H groups in total. The van der Waals surface area contributed by atoms with Gasteiger partial charge in [-0.05, 0) is 19.3 Å². The maximum atomic E-state index is 11.7. The molecule has 3 nitrogen and oxygen atoms in total. The monoisotopic (exact) mass is 224 g/mol. The van der Waals surface area contributed by atoms with Crippen LogP contribution in [0.4, 0.5) is 0 Å². The molecule has 0 amide bonds. The summed E-state index contributed by atoms with van der Waals surface area (Å²) in [6.07, 6.45) is 6.25. The first-order valence-electron chi connectivity index (χ1n) is 6.28. The molecule has 16 heavy (non-hydrogen) atoms. The summed E-state index contributed by atoms with van der Waals surface area (Å²) in [7, 11) is 0. The van der Waals surface area contributed by atoms with Crippen molar-refractivity contribution in [2.45, 2.75) is 51.7 Å². The lowest BCUT2D eigenvalue weighted by Gasteiger charge is -2.36. The van der Waals surface area contributed by atoms with Crippen LogP contribution < -0.4 is 0 Å². The van der Waals surface area contributed by atoms with E-state index in [4.69, 9.17) is 9.47 Å². The number of carbonyl (C=O) groups excluding carboxylic acids is 1. The number of esters is 1. The maximum absolute atomic E-state index is 11.7. The SMILES string of the molecule is C=C1OC(C2CCCCC2)OC(=O)C1CC. The molecule has 2 unspecified atom stereocenters. The van der Waals surface area contributed by atoms with Gasteiger partial charge in [-0.2, -0.15) is 0 Å². The summed E-state index contributed by atoms with van der Waals surface area (Å²) in [5, 5.41) is 0. The van der Waals surface area contributed by atoms with Gasteiger partial charge in [0.2, 0.25) is 6.29 Å². The molecule has 90 valence electrons. The first-order valence-corrected chi connectivity index (χ1v) is 6.28. The molecule has 1 aliphatic carbocycles. The second kappa shape index (κ2) is 4.89. The van der Waals surface area contributed by atoms with Crippen molar-refractivity contribution in [3.8, 4) is 0 Å². The molecule has 2 atom stereocenters. The number of cyclic esters (lactones) is 1. The van der Waals surface area contributed by atoms with Gasteiger partial charge in [0.05, 0.1) is 0 Å². The van der Waals surface area contributed by atoms with Crippen LogP contribution in [-0.2, 0) is 14.3 Å². The van der Waals surface area contributed by atoms with Crippen molar-refractivity contribution in [3.05, 3.63) is 12.3 Å². The van der Waals surface area contributed by atoms with E-state index < -0.39 is 0 Å². The van der Waals surface area contributed by atoms with E-state index in [9.17, 15) is 4.79 Å². The fourth-order valence-electron chi connectivity index (χ4n) is 2.58. The summed E-state index contributed by atoms with van der Waals surface area (Å²) in [6, 6.07) is 0. The van der Waals surface area contributed by atoms with Crippen LogP contribution in [-0.4, -0.2) is 12.3 Å². The topological polar surface area (TPSA) is 35.5 Å². The molecule has 1 saturated carbocycles. The van der Waals surface area contributed by atoms with Crippen molar-refractivity contribution in [2.24, 2.45) is 11.8 Å². The summed E-state index contributed by atoms with van der Waals surface area (Å²) in [5.41, 5.74) is 0. The van der Waals surface area contributed by atoms with Gasteiger partial charge in [0.15, 0.2) is 0 Å².